The summed E-state index contributed by atoms with van der Waals surface area (Å²) in [5.41, 5.74) is -1.53. The van der Waals surface area contributed by atoms with Gasteiger partial charge in [0.2, 0.25) is 0 Å². The molecule has 4 nitrogen and oxygen atoms in total. The van der Waals surface area contributed by atoms with Crippen LogP contribution in [0, 0.1) is 17.3 Å². The van der Waals surface area contributed by atoms with E-state index in [4.69, 9.17) is 0 Å². The van der Waals surface area contributed by atoms with E-state index in [1.165, 1.54) is 0 Å². The van der Waals surface area contributed by atoms with Gasteiger partial charge in [-0.1, -0.05) is 38.5 Å². The predicted octanol–water partition coefficient (Wildman–Crippen LogP) is 3.15. The second-order valence-electron chi connectivity index (χ2n) is 6.15. The molecule has 0 bridgehead atoms. The molecule has 0 aromatic carbocycles. The molecule has 20 heavy (non-hydrogen) atoms. The number of hydrogen-bond donors (Lipinski definition) is 2. The normalized spacial score (nSPS) is 22.0. The number of carbonyl (C=O) groups is 2. The van der Waals surface area contributed by atoms with Gasteiger partial charge in [0.15, 0.2) is 5.41 Å². The van der Waals surface area contributed by atoms with Gasteiger partial charge >= 0.3 is 60.8 Å². The van der Waals surface area contributed by atoms with Gasteiger partial charge in [-0.2, -0.15) is 0 Å². The van der Waals surface area contributed by atoms with Crippen molar-refractivity contribution in [1.82, 2.24) is 0 Å². The monoisotopic (exact) mass is 408 g/mol. The molecule has 112 valence electrons. The van der Waals surface area contributed by atoms with Crippen LogP contribution in [0.3, 0.4) is 0 Å². The van der Waals surface area contributed by atoms with E-state index in [0.29, 0.717) is 0 Å². The standard InChI is InChI=1S/C15H24O4.Ba.2H/c16-13(17)15(14(18)19,11-7-3-1-4-8-11)12-9-5-2-6-10-12;;;/h11-12H,1-10H2,(H,16,17)(H,18,19);;;/q;+2;2*-1. The fourth-order valence-corrected chi connectivity index (χ4v) is 4.24. The SMILES string of the molecule is O=C(O)C(C(=O)O)(C1CCCCC1)C1CCCCC1.[Ba+2].[H-].[H-]. The molecular formula is C15H26BaO4. The molecule has 2 fully saturated rings. The van der Waals surface area contributed by atoms with Gasteiger partial charge in [-0.25, -0.2) is 0 Å². The van der Waals surface area contributed by atoms with Gasteiger partial charge in [0, 0.05) is 0 Å². The summed E-state index contributed by atoms with van der Waals surface area (Å²) in [5, 5.41) is 19.4. The van der Waals surface area contributed by atoms with Crippen molar-refractivity contribution in [3.63, 3.8) is 0 Å². The van der Waals surface area contributed by atoms with Gasteiger partial charge in [-0.3, -0.25) is 9.59 Å². The molecular weight excluding hydrogens is 381 g/mol. The zero-order chi connectivity index (χ0) is 13.9. The van der Waals surface area contributed by atoms with E-state index >= 15 is 0 Å². The first-order chi connectivity index (χ1) is 9.10. The predicted molar refractivity (Wildman–Crippen MR) is 78.8 cm³/mol. The van der Waals surface area contributed by atoms with Gasteiger partial charge in [-0.05, 0) is 37.5 Å². The summed E-state index contributed by atoms with van der Waals surface area (Å²) in [6.07, 6.45) is 9.14. The van der Waals surface area contributed by atoms with Crippen LogP contribution in [-0.4, -0.2) is 71.0 Å². The van der Waals surface area contributed by atoms with E-state index in [9.17, 15) is 19.8 Å². The Morgan fingerprint density at radius 3 is 1.30 bits per heavy atom. The molecule has 2 saturated carbocycles. The van der Waals surface area contributed by atoms with Crippen molar-refractivity contribution in [3.05, 3.63) is 0 Å². The van der Waals surface area contributed by atoms with Crippen LogP contribution in [0.1, 0.15) is 67.1 Å². The first-order valence-electron chi connectivity index (χ1n) is 7.57. The molecule has 0 amide bonds. The number of hydrogen-bond acceptors (Lipinski definition) is 2. The van der Waals surface area contributed by atoms with Crippen LogP contribution in [0.25, 0.3) is 0 Å². The number of carboxylic acid groups (broad SMARTS) is 2. The van der Waals surface area contributed by atoms with Gasteiger partial charge in [-0.15, -0.1) is 0 Å². The van der Waals surface area contributed by atoms with Gasteiger partial charge in [0.25, 0.3) is 0 Å². The molecule has 0 aromatic heterocycles. The molecule has 0 saturated heterocycles. The zero-order valence-corrected chi connectivity index (χ0v) is 16.6. The van der Waals surface area contributed by atoms with Crippen LogP contribution in [0.5, 0.6) is 0 Å². The second-order valence-corrected chi connectivity index (χ2v) is 6.15. The molecule has 5 heteroatoms. The average molecular weight is 408 g/mol. The second kappa shape index (κ2) is 8.22. The third-order valence-corrected chi connectivity index (χ3v) is 5.21. The Labute approximate surface area is 163 Å². The van der Waals surface area contributed by atoms with E-state index < -0.39 is 17.4 Å². The van der Waals surface area contributed by atoms with E-state index in [2.05, 4.69) is 0 Å². The van der Waals surface area contributed by atoms with E-state index in [1.54, 1.807) is 0 Å². The summed E-state index contributed by atoms with van der Waals surface area (Å²) >= 11 is 0. The smallest absolute Gasteiger partial charge is 1.00 e. The van der Waals surface area contributed by atoms with Crippen molar-refractivity contribution in [2.24, 2.45) is 17.3 Å². The Morgan fingerprint density at radius 2 is 1.05 bits per heavy atom. The Morgan fingerprint density at radius 1 is 0.750 bits per heavy atom. The van der Waals surface area contributed by atoms with Crippen LogP contribution in [0.15, 0.2) is 0 Å². The molecule has 0 heterocycles. The Kier molecular flexibility index (Phi) is 7.63. The van der Waals surface area contributed by atoms with Crippen molar-refractivity contribution in [1.29, 1.82) is 0 Å². The maximum absolute atomic E-state index is 11.9. The molecule has 2 N–H and O–H groups in total. The first kappa shape index (κ1) is 18.6. The quantitative estimate of drug-likeness (QED) is 0.554. The van der Waals surface area contributed by atoms with Crippen molar-refractivity contribution >= 4 is 60.8 Å². The Bertz CT molecular complexity index is 319. The minimum atomic E-state index is -1.53. The minimum absolute atomic E-state index is 0. The number of aliphatic carboxylic acids is 2. The minimum Gasteiger partial charge on any atom is -1.00 e. The third-order valence-electron chi connectivity index (χ3n) is 5.21. The number of carboxylic acids is 2. The molecule has 0 radical (unpaired) electrons. The number of rotatable bonds is 4. The Balaban J connectivity index is 0. The van der Waals surface area contributed by atoms with Crippen LogP contribution in [0.4, 0.5) is 0 Å². The van der Waals surface area contributed by atoms with Gasteiger partial charge in [0.1, 0.15) is 0 Å². The van der Waals surface area contributed by atoms with Crippen molar-refractivity contribution in [3.8, 4) is 0 Å². The Hall–Kier alpha value is 0.511. The van der Waals surface area contributed by atoms with E-state index in [1.807, 2.05) is 0 Å². The topological polar surface area (TPSA) is 74.6 Å². The molecule has 0 atom stereocenters. The zero-order valence-electron chi connectivity index (χ0n) is 14.1. The van der Waals surface area contributed by atoms with Crippen LogP contribution in [0.2, 0.25) is 0 Å². The summed E-state index contributed by atoms with van der Waals surface area (Å²) in [7, 11) is 0. The summed E-state index contributed by atoms with van der Waals surface area (Å²) in [6.45, 7) is 0. The van der Waals surface area contributed by atoms with Gasteiger partial charge in [0.05, 0.1) is 0 Å². The van der Waals surface area contributed by atoms with E-state index in [-0.39, 0.29) is 63.6 Å². The summed E-state index contributed by atoms with van der Waals surface area (Å²) in [4.78, 5) is 23.8. The molecule has 2 rings (SSSR count). The molecule has 0 unspecified atom stereocenters. The van der Waals surface area contributed by atoms with Crippen LogP contribution >= 0.6 is 0 Å². The van der Waals surface area contributed by atoms with Crippen molar-refractivity contribution < 1.29 is 22.7 Å². The third kappa shape index (κ3) is 3.46. The first-order valence-corrected chi connectivity index (χ1v) is 7.57. The summed E-state index contributed by atoms with van der Waals surface area (Å²) in [5.74, 6) is -2.56. The van der Waals surface area contributed by atoms with Gasteiger partial charge < -0.3 is 13.1 Å². The molecule has 0 aliphatic heterocycles. The largest absolute Gasteiger partial charge is 2.00 e. The molecule has 0 spiro atoms. The van der Waals surface area contributed by atoms with Crippen LogP contribution in [-0.2, 0) is 9.59 Å². The molecule has 2 aliphatic rings. The fraction of sp³-hybridized carbons (Fsp3) is 0.867. The molecule has 2 aliphatic carbocycles. The summed E-state index contributed by atoms with van der Waals surface area (Å²) in [6, 6.07) is 0. The van der Waals surface area contributed by atoms with E-state index in [0.717, 1.165) is 64.2 Å². The fourth-order valence-electron chi connectivity index (χ4n) is 4.24. The maximum Gasteiger partial charge on any atom is 2.00 e. The maximum atomic E-state index is 11.9. The average Bonchev–Trinajstić information content (AvgIpc) is 2.41. The summed E-state index contributed by atoms with van der Waals surface area (Å²) < 4.78 is 0. The van der Waals surface area contributed by atoms with Crippen LogP contribution < -0.4 is 0 Å². The molecule has 0 aromatic rings. The van der Waals surface area contributed by atoms with Crippen molar-refractivity contribution in [2.45, 2.75) is 64.2 Å². The van der Waals surface area contributed by atoms with Crippen molar-refractivity contribution in [2.75, 3.05) is 0 Å².